The molecule has 1 aromatic heterocycles. The van der Waals surface area contributed by atoms with Crippen LogP contribution in [0.25, 0.3) is 11.3 Å². The summed E-state index contributed by atoms with van der Waals surface area (Å²) in [6.07, 6.45) is 0.636. The van der Waals surface area contributed by atoms with Crippen molar-refractivity contribution in [3.05, 3.63) is 108 Å². The number of anilines is 2. The molecule has 0 spiro atoms. The van der Waals surface area contributed by atoms with Crippen LogP contribution in [-0.2, 0) is 4.79 Å². The summed E-state index contributed by atoms with van der Waals surface area (Å²) in [5, 5.41) is 6.14. The van der Waals surface area contributed by atoms with Gasteiger partial charge in [0, 0.05) is 22.8 Å². The fourth-order valence-corrected chi connectivity index (χ4v) is 3.52. The van der Waals surface area contributed by atoms with Crippen molar-refractivity contribution in [2.75, 3.05) is 10.6 Å². The van der Waals surface area contributed by atoms with E-state index in [4.69, 9.17) is 4.99 Å². The maximum atomic E-state index is 13.0. The molecule has 1 aliphatic heterocycles. The molecule has 2 heterocycles. The lowest BCUT2D eigenvalue weighted by atomic mass is 10.0. The van der Waals surface area contributed by atoms with Crippen LogP contribution in [0.3, 0.4) is 0 Å². The smallest absolute Gasteiger partial charge is 0.269 e. The summed E-state index contributed by atoms with van der Waals surface area (Å²) in [6, 6.07) is 29.2. The van der Waals surface area contributed by atoms with E-state index in [-0.39, 0.29) is 5.91 Å². The highest BCUT2D eigenvalue weighted by atomic mass is 16.2. The van der Waals surface area contributed by atoms with Crippen molar-refractivity contribution in [2.24, 2.45) is 4.99 Å². The van der Waals surface area contributed by atoms with E-state index in [2.05, 4.69) is 20.6 Å². The standard InChI is InChI=1S/C25H19N5O.C2H6/c31-25-24(29-22-15-21(26-16-27-22)17-9-3-1-4-10-17)30-23(18-11-5-2-6-12-18)19-13-7-8-14-20(19)28-25;1-2/h1-16,24H,(H,28,31)(H,26,27,29);1-2H3. The summed E-state index contributed by atoms with van der Waals surface area (Å²) < 4.78 is 0. The molecule has 0 bridgehead atoms. The number of rotatable bonds is 4. The minimum atomic E-state index is -0.846. The van der Waals surface area contributed by atoms with Gasteiger partial charge in [0.2, 0.25) is 6.17 Å². The van der Waals surface area contributed by atoms with Gasteiger partial charge in [0.1, 0.15) is 12.1 Å². The van der Waals surface area contributed by atoms with Crippen LogP contribution in [0.15, 0.2) is 102 Å². The lowest BCUT2D eigenvalue weighted by Gasteiger charge is -2.14. The molecule has 2 N–H and O–H groups in total. The maximum absolute atomic E-state index is 13.0. The minimum Gasteiger partial charge on any atom is -0.341 e. The summed E-state index contributed by atoms with van der Waals surface area (Å²) in [6.45, 7) is 4.00. The number of benzodiazepines with no additional fused rings is 1. The predicted molar refractivity (Wildman–Crippen MR) is 133 cm³/mol. The van der Waals surface area contributed by atoms with Gasteiger partial charge in [-0.15, -0.1) is 0 Å². The summed E-state index contributed by atoms with van der Waals surface area (Å²) >= 11 is 0. The van der Waals surface area contributed by atoms with Crippen molar-refractivity contribution < 1.29 is 4.79 Å². The number of nitrogens with one attached hydrogen (secondary N) is 2. The Morgan fingerprint density at radius 1 is 0.788 bits per heavy atom. The van der Waals surface area contributed by atoms with E-state index in [1.165, 1.54) is 6.33 Å². The molecule has 164 valence electrons. The molecule has 0 radical (unpaired) electrons. The number of aromatic nitrogens is 2. The Morgan fingerprint density at radius 3 is 2.15 bits per heavy atom. The first-order valence-electron chi connectivity index (χ1n) is 11.0. The van der Waals surface area contributed by atoms with Crippen molar-refractivity contribution in [2.45, 2.75) is 20.0 Å². The number of hydrogen-bond acceptors (Lipinski definition) is 5. The van der Waals surface area contributed by atoms with Crippen LogP contribution in [0.1, 0.15) is 25.0 Å². The van der Waals surface area contributed by atoms with E-state index < -0.39 is 6.17 Å². The number of hydrogen-bond donors (Lipinski definition) is 2. The molecule has 5 rings (SSSR count). The number of carbonyl (C=O) groups excluding carboxylic acids is 1. The first-order valence-corrected chi connectivity index (χ1v) is 11.0. The highest BCUT2D eigenvalue weighted by Gasteiger charge is 2.26. The Balaban J connectivity index is 0.00000126. The highest BCUT2D eigenvalue weighted by Crippen LogP contribution is 2.25. The number of aliphatic imine (C=N–C) groups is 1. The van der Waals surface area contributed by atoms with Crippen molar-refractivity contribution in [1.29, 1.82) is 0 Å². The molecule has 6 heteroatoms. The summed E-state index contributed by atoms with van der Waals surface area (Å²) in [5.74, 6) is 0.273. The van der Waals surface area contributed by atoms with E-state index in [0.717, 1.165) is 33.8 Å². The van der Waals surface area contributed by atoms with Crippen molar-refractivity contribution >= 4 is 23.1 Å². The van der Waals surface area contributed by atoms with Gasteiger partial charge < -0.3 is 10.6 Å². The van der Waals surface area contributed by atoms with Gasteiger partial charge in [-0.2, -0.15) is 0 Å². The summed E-state index contributed by atoms with van der Waals surface area (Å²) in [4.78, 5) is 26.4. The second kappa shape index (κ2) is 10.3. The van der Waals surface area contributed by atoms with E-state index in [9.17, 15) is 4.79 Å². The van der Waals surface area contributed by atoms with E-state index in [0.29, 0.717) is 5.82 Å². The van der Waals surface area contributed by atoms with Crippen molar-refractivity contribution in [3.63, 3.8) is 0 Å². The summed E-state index contributed by atoms with van der Waals surface area (Å²) in [7, 11) is 0. The summed E-state index contributed by atoms with van der Waals surface area (Å²) in [5.41, 5.74) is 5.02. The Labute approximate surface area is 193 Å². The lowest BCUT2D eigenvalue weighted by Crippen LogP contribution is -2.33. The van der Waals surface area contributed by atoms with E-state index >= 15 is 0 Å². The van der Waals surface area contributed by atoms with Crippen molar-refractivity contribution in [3.8, 4) is 11.3 Å². The minimum absolute atomic E-state index is 0.252. The first-order chi connectivity index (χ1) is 16.3. The normalized spacial score (nSPS) is 14.5. The molecule has 33 heavy (non-hydrogen) atoms. The number of carbonyl (C=O) groups is 1. The van der Waals surface area contributed by atoms with Gasteiger partial charge in [-0.25, -0.2) is 15.0 Å². The van der Waals surface area contributed by atoms with Gasteiger partial charge in [0.25, 0.3) is 5.91 Å². The van der Waals surface area contributed by atoms with Gasteiger partial charge in [-0.1, -0.05) is 92.7 Å². The molecule has 1 amide bonds. The number of fused-ring (bicyclic) bond motifs is 1. The highest BCUT2D eigenvalue weighted by molar-refractivity contribution is 6.19. The van der Waals surface area contributed by atoms with Gasteiger partial charge in [0.05, 0.1) is 17.1 Å². The van der Waals surface area contributed by atoms with Crippen LogP contribution in [-0.4, -0.2) is 27.8 Å². The Morgan fingerprint density at radius 2 is 1.42 bits per heavy atom. The van der Waals surface area contributed by atoms with Crippen LogP contribution in [0.4, 0.5) is 11.5 Å². The van der Waals surface area contributed by atoms with Crippen LogP contribution < -0.4 is 10.6 Å². The van der Waals surface area contributed by atoms with E-state index in [1.54, 1.807) is 0 Å². The maximum Gasteiger partial charge on any atom is 0.269 e. The van der Waals surface area contributed by atoms with Crippen LogP contribution in [0.5, 0.6) is 0 Å². The zero-order chi connectivity index (χ0) is 23.0. The molecule has 0 saturated carbocycles. The van der Waals surface area contributed by atoms with Gasteiger partial charge in [0.15, 0.2) is 0 Å². The average Bonchev–Trinajstić information content (AvgIpc) is 3.03. The van der Waals surface area contributed by atoms with Crippen LogP contribution in [0.2, 0.25) is 0 Å². The lowest BCUT2D eigenvalue weighted by molar-refractivity contribution is -0.116. The molecular weight excluding hydrogens is 410 g/mol. The first kappa shape index (κ1) is 21.9. The number of para-hydroxylation sites is 1. The van der Waals surface area contributed by atoms with Gasteiger partial charge >= 0.3 is 0 Å². The second-order valence-corrected chi connectivity index (χ2v) is 7.08. The Kier molecular flexibility index (Phi) is 6.85. The third-order valence-electron chi connectivity index (χ3n) is 5.02. The fraction of sp³-hybridized carbons (Fsp3) is 0.111. The zero-order valence-corrected chi connectivity index (χ0v) is 18.6. The van der Waals surface area contributed by atoms with Gasteiger partial charge in [-0.05, 0) is 6.07 Å². The second-order valence-electron chi connectivity index (χ2n) is 7.08. The molecule has 0 saturated heterocycles. The molecule has 3 aromatic carbocycles. The van der Waals surface area contributed by atoms with Crippen LogP contribution >= 0.6 is 0 Å². The molecule has 1 aliphatic rings. The Hall–Kier alpha value is -4.32. The molecule has 1 atom stereocenters. The molecule has 6 nitrogen and oxygen atoms in total. The molecular formula is C27H25N5O. The molecule has 0 aliphatic carbocycles. The number of nitrogens with zero attached hydrogens (tertiary/aromatic N) is 3. The SMILES string of the molecule is CC.O=C1Nc2ccccc2C(c2ccccc2)=NC1Nc1cc(-c2ccccc2)ncn1. The third-order valence-corrected chi connectivity index (χ3v) is 5.02. The number of amides is 1. The van der Waals surface area contributed by atoms with Crippen LogP contribution in [0, 0.1) is 0 Å². The monoisotopic (exact) mass is 435 g/mol. The quantitative estimate of drug-likeness (QED) is 0.450. The van der Waals surface area contributed by atoms with E-state index in [1.807, 2.05) is 105 Å². The molecule has 4 aromatic rings. The number of benzene rings is 3. The fourth-order valence-electron chi connectivity index (χ4n) is 3.52. The zero-order valence-electron chi connectivity index (χ0n) is 18.6. The third kappa shape index (κ3) is 4.96. The largest absolute Gasteiger partial charge is 0.341 e. The Bertz CT molecular complexity index is 1260. The molecule has 0 fully saturated rings. The van der Waals surface area contributed by atoms with Gasteiger partial charge in [-0.3, -0.25) is 4.79 Å². The topological polar surface area (TPSA) is 79.3 Å². The predicted octanol–water partition coefficient (Wildman–Crippen LogP) is 5.40. The molecule has 1 unspecified atom stereocenters. The average molecular weight is 436 g/mol. The van der Waals surface area contributed by atoms with Crippen molar-refractivity contribution in [1.82, 2.24) is 9.97 Å².